The summed E-state index contributed by atoms with van der Waals surface area (Å²) in [7, 11) is 1.80. The van der Waals surface area contributed by atoms with Gasteiger partial charge in [0.05, 0.1) is 5.69 Å². The first-order chi connectivity index (χ1) is 10.00. The second kappa shape index (κ2) is 7.21. The summed E-state index contributed by atoms with van der Waals surface area (Å²) in [5.74, 6) is 1.28. The van der Waals surface area contributed by atoms with Gasteiger partial charge in [0, 0.05) is 24.4 Å². The summed E-state index contributed by atoms with van der Waals surface area (Å²) >= 11 is 1.87. The highest BCUT2D eigenvalue weighted by molar-refractivity contribution is 7.11. The second-order valence-electron chi connectivity index (χ2n) is 6.76. The lowest BCUT2D eigenvalue weighted by atomic mass is 9.90. The minimum absolute atomic E-state index is 0.224. The summed E-state index contributed by atoms with van der Waals surface area (Å²) in [4.78, 5) is 6.49. The number of hydrogen-bond donors (Lipinski definition) is 1. The number of thiazole rings is 1. The van der Waals surface area contributed by atoms with Crippen LogP contribution < -0.4 is 5.32 Å². The molecule has 0 bridgehead atoms. The van der Waals surface area contributed by atoms with Gasteiger partial charge in [0.15, 0.2) is 0 Å². The van der Waals surface area contributed by atoms with Crippen molar-refractivity contribution in [1.82, 2.24) is 10.3 Å². The van der Waals surface area contributed by atoms with Crippen LogP contribution in [0, 0.1) is 5.92 Å². The molecule has 2 unspecified atom stereocenters. The van der Waals surface area contributed by atoms with E-state index in [0.29, 0.717) is 11.8 Å². The molecule has 4 heteroatoms. The maximum atomic E-state index is 5.73. The summed E-state index contributed by atoms with van der Waals surface area (Å²) in [5.41, 5.74) is 1.12. The molecule has 2 atom stereocenters. The molecule has 0 amide bonds. The molecular weight excluding hydrogens is 280 g/mol. The predicted molar refractivity (Wildman–Crippen MR) is 90.2 cm³/mol. The molecule has 0 aliphatic heterocycles. The fourth-order valence-electron chi connectivity index (χ4n) is 2.86. The Morgan fingerprint density at radius 1 is 1.48 bits per heavy atom. The van der Waals surface area contributed by atoms with Crippen LogP contribution in [0.4, 0.5) is 0 Å². The van der Waals surface area contributed by atoms with Crippen molar-refractivity contribution in [3.63, 3.8) is 0 Å². The third-order valence-electron chi connectivity index (χ3n) is 4.59. The minimum Gasteiger partial charge on any atom is -0.371 e. The number of hydrogen-bond acceptors (Lipinski definition) is 4. The molecule has 0 saturated carbocycles. The molecule has 1 heterocycles. The molecule has 0 fully saturated rings. The maximum Gasteiger partial charge on any atom is 0.125 e. The molecule has 2 rings (SSSR count). The van der Waals surface area contributed by atoms with E-state index in [0.717, 1.165) is 24.5 Å². The molecule has 1 aromatic heterocycles. The van der Waals surface area contributed by atoms with Gasteiger partial charge in [-0.05, 0) is 45.1 Å². The van der Waals surface area contributed by atoms with Crippen molar-refractivity contribution in [2.45, 2.75) is 64.9 Å². The van der Waals surface area contributed by atoms with Gasteiger partial charge in [-0.15, -0.1) is 11.3 Å². The van der Waals surface area contributed by atoms with Crippen molar-refractivity contribution < 1.29 is 4.74 Å². The van der Waals surface area contributed by atoms with Crippen LogP contribution in [0.2, 0.25) is 0 Å². The number of aromatic nitrogens is 1. The average Bonchev–Trinajstić information content (AvgIpc) is 2.91. The Kier molecular flexibility index (Phi) is 5.81. The van der Waals surface area contributed by atoms with Gasteiger partial charge in [-0.25, -0.2) is 4.98 Å². The van der Waals surface area contributed by atoms with Crippen molar-refractivity contribution in [2.75, 3.05) is 20.2 Å². The summed E-state index contributed by atoms with van der Waals surface area (Å²) < 4.78 is 5.73. The number of rotatable bonds is 7. The van der Waals surface area contributed by atoms with E-state index in [9.17, 15) is 0 Å². The molecule has 0 radical (unpaired) electrons. The Hall–Kier alpha value is -0.450. The number of fused-ring (bicyclic) bond motifs is 1. The van der Waals surface area contributed by atoms with Gasteiger partial charge >= 0.3 is 0 Å². The molecule has 0 aromatic carbocycles. The lowest BCUT2D eigenvalue weighted by molar-refractivity contribution is -0.00170. The molecule has 1 aliphatic carbocycles. The van der Waals surface area contributed by atoms with Crippen molar-refractivity contribution in [2.24, 2.45) is 5.92 Å². The van der Waals surface area contributed by atoms with Crippen LogP contribution in [-0.2, 0) is 16.8 Å². The predicted octanol–water partition coefficient (Wildman–Crippen LogP) is 4.08. The summed E-state index contributed by atoms with van der Waals surface area (Å²) in [6.07, 6.45) is 4.71. The SMILES string of the molecule is CCC(C)(OC)c1nc2c(s1)CCCC2CNCC(C)C. The molecule has 1 aromatic rings. The van der Waals surface area contributed by atoms with Crippen molar-refractivity contribution in [1.29, 1.82) is 0 Å². The highest BCUT2D eigenvalue weighted by Gasteiger charge is 2.32. The zero-order chi connectivity index (χ0) is 15.5. The molecule has 0 saturated heterocycles. The van der Waals surface area contributed by atoms with Crippen LogP contribution in [0.15, 0.2) is 0 Å². The summed E-state index contributed by atoms with van der Waals surface area (Å²) in [6, 6.07) is 0. The Balaban J connectivity index is 2.13. The fourth-order valence-corrected chi connectivity index (χ4v) is 4.25. The Morgan fingerprint density at radius 3 is 2.86 bits per heavy atom. The van der Waals surface area contributed by atoms with Crippen LogP contribution in [0.3, 0.4) is 0 Å². The van der Waals surface area contributed by atoms with Gasteiger partial charge in [0.25, 0.3) is 0 Å². The van der Waals surface area contributed by atoms with E-state index in [-0.39, 0.29) is 5.60 Å². The molecule has 3 nitrogen and oxygen atoms in total. The molecule has 0 spiro atoms. The highest BCUT2D eigenvalue weighted by Crippen LogP contribution is 2.39. The topological polar surface area (TPSA) is 34.1 Å². The van der Waals surface area contributed by atoms with Gasteiger partial charge in [-0.2, -0.15) is 0 Å². The van der Waals surface area contributed by atoms with Gasteiger partial charge < -0.3 is 10.1 Å². The van der Waals surface area contributed by atoms with Crippen LogP contribution in [0.25, 0.3) is 0 Å². The molecule has 1 aliphatic rings. The van der Waals surface area contributed by atoms with Crippen LogP contribution in [0.5, 0.6) is 0 Å². The number of aryl methyl sites for hydroxylation is 1. The van der Waals surface area contributed by atoms with Crippen molar-refractivity contribution in [3.05, 3.63) is 15.6 Å². The van der Waals surface area contributed by atoms with Gasteiger partial charge in [-0.1, -0.05) is 20.8 Å². The van der Waals surface area contributed by atoms with E-state index < -0.39 is 0 Å². The maximum absolute atomic E-state index is 5.73. The fraction of sp³-hybridized carbons (Fsp3) is 0.824. The highest BCUT2D eigenvalue weighted by atomic mass is 32.1. The zero-order valence-electron chi connectivity index (χ0n) is 14.2. The Bertz CT molecular complexity index is 452. The normalized spacial score (nSPS) is 21.3. The number of nitrogens with zero attached hydrogens (tertiary/aromatic N) is 1. The first kappa shape index (κ1) is 16.9. The standard InChI is InChI=1S/C17H30N2OS/c1-6-17(4,20-5)16-19-15-13(11-18-10-12(2)3)8-7-9-14(15)21-16/h12-13,18H,6-11H2,1-5H3. The van der Waals surface area contributed by atoms with Crippen LogP contribution in [-0.4, -0.2) is 25.2 Å². The molecule has 1 N–H and O–H groups in total. The van der Waals surface area contributed by atoms with Crippen LogP contribution >= 0.6 is 11.3 Å². The van der Waals surface area contributed by atoms with Gasteiger partial charge in [0.1, 0.15) is 10.6 Å². The quantitative estimate of drug-likeness (QED) is 0.824. The Labute approximate surface area is 133 Å². The zero-order valence-corrected chi connectivity index (χ0v) is 15.0. The number of nitrogens with one attached hydrogen (secondary N) is 1. The van der Waals surface area contributed by atoms with Gasteiger partial charge in [-0.3, -0.25) is 0 Å². The molecular formula is C17H30N2OS. The van der Waals surface area contributed by atoms with E-state index in [1.54, 1.807) is 7.11 Å². The number of methoxy groups -OCH3 is 1. The largest absolute Gasteiger partial charge is 0.371 e. The van der Waals surface area contributed by atoms with E-state index >= 15 is 0 Å². The second-order valence-corrected chi connectivity index (χ2v) is 7.84. The first-order valence-corrected chi connectivity index (χ1v) is 9.07. The third-order valence-corrected chi connectivity index (χ3v) is 5.97. The lowest BCUT2D eigenvalue weighted by Gasteiger charge is -2.24. The Morgan fingerprint density at radius 2 is 2.24 bits per heavy atom. The van der Waals surface area contributed by atoms with Crippen molar-refractivity contribution in [3.8, 4) is 0 Å². The monoisotopic (exact) mass is 310 g/mol. The molecule has 21 heavy (non-hydrogen) atoms. The summed E-state index contributed by atoms with van der Waals surface area (Å²) in [5, 5.41) is 4.77. The van der Waals surface area contributed by atoms with E-state index in [4.69, 9.17) is 9.72 Å². The minimum atomic E-state index is -0.224. The average molecular weight is 311 g/mol. The number of ether oxygens (including phenoxy) is 1. The van der Waals surface area contributed by atoms with Crippen molar-refractivity contribution >= 4 is 11.3 Å². The lowest BCUT2D eigenvalue weighted by Crippen LogP contribution is -2.27. The van der Waals surface area contributed by atoms with Gasteiger partial charge in [0.2, 0.25) is 0 Å². The summed E-state index contributed by atoms with van der Waals surface area (Å²) in [6.45, 7) is 11.0. The van der Waals surface area contributed by atoms with E-state index in [1.807, 2.05) is 11.3 Å². The smallest absolute Gasteiger partial charge is 0.125 e. The van der Waals surface area contributed by atoms with E-state index in [2.05, 4.69) is 33.0 Å². The van der Waals surface area contributed by atoms with Crippen LogP contribution in [0.1, 0.15) is 68.5 Å². The third kappa shape index (κ3) is 3.85. The van der Waals surface area contributed by atoms with E-state index in [1.165, 1.54) is 29.8 Å². The first-order valence-electron chi connectivity index (χ1n) is 8.26. The molecule has 120 valence electrons.